The predicted molar refractivity (Wildman–Crippen MR) is 65.6 cm³/mol. The summed E-state index contributed by atoms with van der Waals surface area (Å²) in [6.07, 6.45) is 2.33. The van der Waals surface area contributed by atoms with Crippen molar-refractivity contribution in [3.05, 3.63) is 33.8 Å². The summed E-state index contributed by atoms with van der Waals surface area (Å²) < 4.78 is 0. The molecule has 1 atom stereocenters. The number of hydrogen-bond acceptors (Lipinski definition) is 2. The molecule has 1 fully saturated rings. The third-order valence-corrected chi connectivity index (χ3v) is 3.63. The van der Waals surface area contributed by atoms with Crippen LogP contribution < -0.4 is 0 Å². The van der Waals surface area contributed by atoms with Crippen molar-refractivity contribution in [3.8, 4) is 6.07 Å². The minimum absolute atomic E-state index is 0.197. The fourth-order valence-corrected chi connectivity index (χ4v) is 2.36. The Kier molecular flexibility index (Phi) is 3.70. The molecule has 1 aliphatic heterocycles. The Morgan fingerprint density at radius 1 is 1.19 bits per heavy atom. The molecule has 0 radical (unpaired) electrons. The topological polar surface area (TPSA) is 27.0 Å². The lowest BCUT2D eigenvalue weighted by Crippen LogP contribution is -2.24. The maximum Gasteiger partial charge on any atom is 0.123 e. The summed E-state index contributed by atoms with van der Waals surface area (Å²) in [5, 5.41) is 10.3. The number of likely N-dealkylation sites (tertiary alicyclic amines) is 1. The molecule has 4 heteroatoms. The van der Waals surface area contributed by atoms with E-state index >= 15 is 0 Å². The number of benzene rings is 1. The maximum atomic E-state index is 9.23. The van der Waals surface area contributed by atoms with Gasteiger partial charge < -0.3 is 0 Å². The van der Waals surface area contributed by atoms with Crippen molar-refractivity contribution in [2.24, 2.45) is 0 Å². The first-order valence-corrected chi connectivity index (χ1v) is 6.06. The molecule has 0 amide bonds. The van der Waals surface area contributed by atoms with Crippen LogP contribution in [0, 0.1) is 11.3 Å². The summed E-state index contributed by atoms with van der Waals surface area (Å²) in [5.74, 6) is 0. The van der Waals surface area contributed by atoms with E-state index < -0.39 is 0 Å². The molecule has 0 aliphatic carbocycles. The Hall–Kier alpha value is -0.750. The zero-order valence-corrected chi connectivity index (χ0v) is 10.3. The average Bonchev–Trinajstić information content (AvgIpc) is 2.78. The SMILES string of the molecule is N#C[C@@H](c1ccc(Cl)c(Cl)c1)N1CCCC1. The van der Waals surface area contributed by atoms with Gasteiger partial charge in [0.1, 0.15) is 6.04 Å². The molecule has 0 aromatic heterocycles. The highest BCUT2D eigenvalue weighted by atomic mass is 35.5. The predicted octanol–water partition coefficient (Wildman–Crippen LogP) is 3.65. The van der Waals surface area contributed by atoms with Gasteiger partial charge in [-0.2, -0.15) is 5.26 Å². The number of halogens is 2. The first-order valence-electron chi connectivity index (χ1n) is 5.31. The van der Waals surface area contributed by atoms with Crippen LogP contribution in [0.1, 0.15) is 24.4 Å². The summed E-state index contributed by atoms with van der Waals surface area (Å²) in [6.45, 7) is 1.97. The van der Waals surface area contributed by atoms with E-state index in [1.54, 1.807) is 12.1 Å². The molecular weight excluding hydrogens is 243 g/mol. The van der Waals surface area contributed by atoms with Crippen molar-refractivity contribution in [2.75, 3.05) is 13.1 Å². The van der Waals surface area contributed by atoms with Crippen LogP contribution in [0.4, 0.5) is 0 Å². The lowest BCUT2D eigenvalue weighted by Gasteiger charge is -2.21. The fourth-order valence-electron chi connectivity index (χ4n) is 2.05. The van der Waals surface area contributed by atoms with Crippen LogP contribution in [0.15, 0.2) is 18.2 Å². The summed E-state index contributed by atoms with van der Waals surface area (Å²) in [6, 6.07) is 7.55. The minimum atomic E-state index is -0.197. The molecule has 0 unspecified atom stereocenters. The van der Waals surface area contributed by atoms with Crippen molar-refractivity contribution in [1.29, 1.82) is 5.26 Å². The van der Waals surface area contributed by atoms with Gasteiger partial charge in [-0.3, -0.25) is 4.90 Å². The van der Waals surface area contributed by atoms with Crippen LogP contribution in [0.5, 0.6) is 0 Å². The number of hydrogen-bond donors (Lipinski definition) is 0. The van der Waals surface area contributed by atoms with Gasteiger partial charge in [-0.15, -0.1) is 0 Å². The summed E-state index contributed by atoms with van der Waals surface area (Å²) >= 11 is 11.8. The molecule has 2 nitrogen and oxygen atoms in total. The first kappa shape index (κ1) is 11.7. The highest BCUT2D eigenvalue weighted by molar-refractivity contribution is 6.42. The number of rotatable bonds is 2. The second kappa shape index (κ2) is 5.05. The molecule has 16 heavy (non-hydrogen) atoms. The first-order chi connectivity index (χ1) is 7.72. The normalized spacial score (nSPS) is 18.3. The van der Waals surface area contributed by atoms with E-state index in [4.69, 9.17) is 23.2 Å². The third kappa shape index (κ3) is 2.32. The molecule has 0 spiro atoms. The van der Waals surface area contributed by atoms with E-state index in [0.717, 1.165) is 18.7 Å². The Labute approximate surface area is 105 Å². The van der Waals surface area contributed by atoms with Crippen LogP contribution in [-0.4, -0.2) is 18.0 Å². The lowest BCUT2D eigenvalue weighted by molar-refractivity contribution is 0.294. The van der Waals surface area contributed by atoms with Crippen molar-refractivity contribution < 1.29 is 0 Å². The Balaban J connectivity index is 2.26. The minimum Gasteiger partial charge on any atom is -0.284 e. The van der Waals surface area contributed by atoms with Gasteiger partial charge in [0.15, 0.2) is 0 Å². The smallest absolute Gasteiger partial charge is 0.123 e. The molecular formula is C12H12Cl2N2. The highest BCUT2D eigenvalue weighted by Crippen LogP contribution is 2.29. The Bertz CT molecular complexity index is 420. The van der Waals surface area contributed by atoms with E-state index in [2.05, 4.69) is 11.0 Å². The summed E-state index contributed by atoms with van der Waals surface area (Å²) in [5.41, 5.74) is 0.929. The van der Waals surface area contributed by atoms with Crippen LogP contribution in [0.25, 0.3) is 0 Å². The average molecular weight is 255 g/mol. The molecule has 1 saturated heterocycles. The molecule has 1 aromatic rings. The van der Waals surface area contributed by atoms with Crippen LogP contribution >= 0.6 is 23.2 Å². The second-order valence-electron chi connectivity index (χ2n) is 3.95. The molecule has 1 heterocycles. The number of nitrogens with zero attached hydrogens (tertiary/aromatic N) is 2. The van der Waals surface area contributed by atoms with Crippen molar-refractivity contribution in [3.63, 3.8) is 0 Å². The lowest BCUT2D eigenvalue weighted by atomic mass is 10.1. The molecule has 1 aromatic carbocycles. The fraction of sp³-hybridized carbons (Fsp3) is 0.417. The van der Waals surface area contributed by atoms with Crippen molar-refractivity contribution in [2.45, 2.75) is 18.9 Å². The van der Waals surface area contributed by atoms with E-state index in [0.29, 0.717) is 10.0 Å². The maximum absolute atomic E-state index is 9.23. The van der Waals surface area contributed by atoms with Gasteiger partial charge in [0.25, 0.3) is 0 Å². The van der Waals surface area contributed by atoms with Gasteiger partial charge in [-0.25, -0.2) is 0 Å². The Morgan fingerprint density at radius 2 is 1.88 bits per heavy atom. The van der Waals surface area contributed by atoms with E-state index in [-0.39, 0.29) is 6.04 Å². The van der Waals surface area contributed by atoms with Gasteiger partial charge >= 0.3 is 0 Å². The van der Waals surface area contributed by atoms with Gasteiger partial charge in [0, 0.05) is 0 Å². The van der Waals surface area contributed by atoms with Gasteiger partial charge in [-0.05, 0) is 43.6 Å². The summed E-state index contributed by atoms with van der Waals surface area (Å²) in [4.78, 5) is 2.18. The molecule has 1 aliphatic rings. The summed E-state index contributed by atoms with van der Waals surface area (Å²) in [7, 11) is 0. The monoisotopic (exact) mass is 254 g/mol. The van der Waals surface area contributed by atoms with Crippen LogP contribution in [-0.2, 0) is 0 Å². The number of nitriles is 1. The van der Waals surface area contributed by atoms with Crippen molar-refractivity contribution >= 4 is 23.2 Å². The van der Waals surface area contributed by atoms with E-state index in [1.165, 1.54) is 12.8 Å². The van der Waals surface area contributed by atoms with E-state index in [1.807, 2.05) is 6.07 Å². The van der Waals surface area contributed by atoms with Gasteiger partial charge in [0.05, 0.1) is 16.1 Å². The standard InChI is InChI=1S/C12H12Cl2N2/c13-10-4-3-9(7-11(10)14)12(8-15)16-5-1-2-6-16/h3-4,7,12H,1-2,5-6H2/t12-/m0/s1. The van der Waals surface area contributed by atoms with Gasteiger partial charge in [0.2, 0.25) is 0 Å². The molecule has 0 bridgehead atoms. The zero-order chi connectivity index (χ0) is 11.5. The second-order valence-corrected chi connectivity index (χ2v) is 4.76. The molecule has 0 N–H and O–H groups in total. The Morgan fingerprint density at radius 3 is 2.44 bits per heavy atom. The van der Waals surface area contributed by atoms with Crippen molar-refractivity contribution in [1.82, 2.24) is 4.90 Å². The highest BCUT2D eigenvalue weighted by Gasteiger charge is 2.23. The molecule has 2 rings (SSSR count). The third-order valence-electron chi connectivity index (χ3n) is 2.89. The molecule has 84 valence electrons. The zero-order valence-electron chi connectivity index (χ0n) is 8.79. The molecule has 0 saturated carbocycles. The van der Waals surface area contributed by atoms with Gasteiger partial charge in [-0.1, -0.05) is 29.3 Å². The quantitative estimate of drug-likeness (QED) is 0.806. The largest absolute Gasteiger partial charge is 0.284 e. The van der Waals surface area contributed by atoms with Crippen LogP contribution in [0.2, 0.25) is 10.0 Å². The van der Waals surface area contributed by atoms with E-state index in [9.17, 15) is 5.26 Å². The van der Waals surface area contributed by atoms with Crippen LogP contribution in [0.3, 0.4) is 0 Å².